The molecule has 1 saturated heterocycles. The van der Waals surface area contributed by atoms with Crippen molar-refractivity contribution in [2.75, 3.05) is 27.8 Å². The summed E-state index contributed by atoms with van der Waals surface area (Å²) in [5.74, 6) is 0.682. The quantitative estimate of drug-likeness (QED) is 0.650. The van der Waals surface area contributed by atoms with Crippen LogP contribution in [0.15, 0.2) is 36.4 Å². The molecule has 158 valence electrons. The highest BCUT2D eigenvalue weighted by molar-refractivity contribution is 7.86. The minimum absolute atomic E-state index is 0.148. The van der Waals surface area contributed by atoms with E-state index >= 15 is 0 Å². The predicted molar refractivity (Wildman–Crippen MR) is 110 cm³/mol. The average molecular weight is 443 g/mol. The minimum atomic E-state index is -3.87. The topological polar surface area (TPSA) is 59.1 Å². The van der Waals surface area contributed by atoms with E-state index in [0.29, 0.717) is 30.9 Å². The van der Waals surface area contributed by atoms with Gasteiger partial charge in [-0.1, -0.05) is 17.7 Å². The van der Waals surface area contributed by atoms with Crippen LogP contribution < -0.4 is 9.47 Å². The van der Waals surface area contributed by atoms with E-state index in [2.05, 4.69) is 0 Å². The van der Waals surface area contributed by atoms with Gasteiger partial charge in [0.1, 0.15) is 17.3 Å². The van der Waals surface area contributed by atoms with Gasteiger partial charge in [-0.2, -0.15) is 17.0 Å². The van der Waals surface area contributed by atoms with E-state index in [1.165, 1.54) is 23.5 Å². The van der Waals surface area contributed by atoms with Gasteiger partial charge in [-0.15, -0.1) is 0 Å². The second-order valence-corrected chi connectivity index (χ2v) is 9.24. The first-order valence-electron chi connectivity index (χ1n) is 9.17. The van der Waals surface area contributed by atoms with E-state index in [1.54, 1.807) is 38.5 Å². The van der Waals surface area contributed by atoms with E-state index < -0.39 is 22.1 Å². The highest BCUT2D eigenvalue weighted by Crippen LogP contribution is 2.41. The standard InChI is InChI=1S/C20H24ClFN2O4S/c1-23(13-16-17(21)6-4-7-18(16)22)29(25,26)24-11-5-8-19(24)15-12-14(27-2)9-10-20(15)28-3/h4,6-7,9-10,12,19H,5,8,11,13H2,1-3H3. The first kappa shape index (κ1) is 21.8. The van der Waals surface area contributed by atoms with E-state index in [-0.39, 0.29) is 17.1 Å². The van der Waals surface area contributed by atoms with Gasteiger partial charge in [0.2, 0.25) is 0 Å². The Morgan fingerprint density at radius 1 is 1.24 bits per heavy atom. The fourth-order valence-corrected chi connectivity index (χ4v) is 5.37. The molecular formula is C20H24ClFN2O4S. The molecule has 0 saturated carbocycles. The number of hydrogen-bond acceptors (Lipinski definition) is 4. The van der Waals surface area contributed by atoms with Gasteiger partial charge >= 0.3 is 0 Å². The lowest BCUT2D eigenvalue weighted by molar-refractivity contribution is 0.331. The number of halogens is 2. The molecule has 1 aliphatic heterocycles. The van der Waals surface area contributed by atoms with Crippen molar-refractivity contribution in [3.05, 3.63) is 58.4 Å². The molecule has 6 nitrogen and oxygen atoms in total. The van der Waals surface area contributed by atoms with Crippen LogP contribution in [0.4, 0.5) is 4.39 Å². The summed E-state index contributed by atoms with van der Waals surface area (Å²) in [6, 6.07) is 9.22. The van der Waals surface area contributed by atoms with E-state index in [9.17, 15) is 12.8 Å². The van der Waals surface area contributed by atoms with Crippen molar-refractivity contribution in [3.8, 4) is 11.5 Å². The Bertz CT molecular complexity index is 966. The maximum absolute atomic E-state index is 14.1. The Kier molecular flexibility index (Phi) is 6.68. The second-order valence-electron chi connectivity index (χ2n) is 6.84. The number of methoxy groups -OCH3 is 2. The van der Waals surface area contributed by atoms with Crippen molar-refractivity contribution in [2.45, 2.75) is 25.4 Å². The molecule has 0 amide bonds. The third-order valence-electron chi connectivity index (χ3n) is 5.13. The maximum atomic E-state index is 14.1. The van der Waals surface area contributed by atoms with Gasteiger partial charge in [0.25, 0.3) is 10.2 Å². The number of nitrogens with zero attached hydrogens (tertiary/aromatic N) is 2. The summed E-state index contributed by atoms with van der Waals surface area (Å²) in [5.41, 5.74) is 0.889. The fourth-order valence-electron chi connectivity index (χ4n) is 3.59. The van der Waals surface area contributed by atoms with Gasteiger partial charge in [0.15, 0.2) is 0 Å². The molecule has 2 aromatic rings. The molecule has 1 atom stereocenters. The molecule has 0 N–H and O–H groups in total. The first-order valence-corrected chi connectivity index (χ1v) is 10.9. The Labute approximate surface area is 176 Å². The summed E-state index contributed by atoms with van der Waals surface area (Å²) in [4.78, 5) is 0. The summed E-state index contributed by atoms with van der Waals surface area (Å²) < 4.78 is 54.1. The molecule has 1 heterocycles. The SMILES string of the molecule is COc1ccc(OC)c(C2CCCN2S(=O)(=O)N(C)Cc2c(F)cccc2Cl)c1. The van der Waals surface area contributed by atoms with Gasteiger partial charge in [-0.05, 0) is 43.2 Å². The normalized spacial score (nSPS) is 17.7. The molecule has 0 radical (unpaired) electrons. The first-order chi connectivity index (χ1) is 13.8. The van der Waals surface area contributed by atoms with E-state index in [1.807, 2.05) is 0 Å². The summed E-state index contributed by atoms with van der Waals surface area (Å²) in [6.07, 6.45) is 1.36. The van der Waals surface area contributed by atoms with Crippen LogP contribution in [0.3, 0.4) is 0 Å². The highest BCUT2D eigenvalue weighted by atomic mass is 35.5. The monoisotopic (exact) mass is 442 g/mol. The molecule has 1 aliphatic rings. The molecule has 2 aromatic carbocycles. The van der Waals surface area contributed by atoms with Gasteiger partial charge in [0.05, 0.1) is 20.3 Å². The van der Waals surface area contributed by atoms with E-state index in [4.69, 9.17) is 21.1 Å². The van der Waals surface area contributed by atoms with Crippen molar-refractivity contribution < 1.29 is 22.3 Å². The summed E-state index contributed by atoms with van der Waals surface area (Å²) in [6.45, 7) is 0.203. The van der Waals surface area contributed by atoms with E-state index in [0.717, 1.165) is 9.87 Å². The van der Waals surface area contributed by atoms with Gasteiger partial charge in [-0.25, -0.2) is 4.39 Å². The Hall–Kier alpha value is -1.87. The van der Waals surface area contributed by atoms with Crippen LogP contribution >= 0.6 is 11.6 Å². The largest absolute Gasteiger partial charge is 0.497 e. The van der Waals surface area contributed by atoms with Gasteiger partial charge < -0.3 is 9.47 Å². The number of ether oxygens (including phenoxy) is 2. The lowest BCUT2D eigenvalue weighted by Crippen LogP contribution is -2.41. The molecular weight excluding hydrogens is 419 g/mol. The minimum Gasteiger partial charge on any atom is -0.497 e. The van der Waals surface area contributed by atoms with Crippen LogP contribution in [0.2, 0.25) is 5.02 Å². The zero-order chi connectivity index (χ0) is 21.2. The molecule has 0 spiro atoms. The van der Waals surface area contributed by atoms with Crippen molar-refractivity contribution in [3.63, 3.8) is 0 Å². The fraction of sp³-hybridized carbons (Fsp3) is 0.400. The zero-order valence-electron chi connectivity index (χ0n) is 16.6. The number of hydrogen-bond donors (Lipinski definition) is 0. The Morgan fingerprint density at radius 3 is 2.66 bits per heavy atom. The lowest BCUT2D eigenvalue weighted by Gasteiger charge is -2.30. The van der Waals surface area contributed by atoms with Crippen molar-refractivity contribution >= 4 is 21.8 Å². The predicted octanol–water partition coefficient (Wildman–Crippen LogP) is 4.01. The summed E-state index contributed by atoms with van der Waals surface area (Å²) in [7, 11) is 0.663. The molecule has 3 rings (SSSR count). The second kappa shape index (κ2) is 8.87. The lowest BCUT2D eigenvalue weighted by atomic mass is 10.0. The Balaban J connectivity index is 1.92. The third kappa shape index (κ3) is 4.35. The van der Waals surface area contributed by atoms with Crippen LogP contribution in [-0.2, 0) is 16.8 Å². The maximum Gasteiger partial charge on any atom is 0.282 e. The zero-order valence-corrected chi connectivity index (χ0v) is 18.1. The molecule has 1 fully saturated rings. The van der Waals surface area contributed by atoms with Crippen molar-refractivity contribution in [1.82, 2.24) is 8.61 Å². The number of rotatable bonds is 7. The number of benzene rings is 2. The summed E-state index contributed by atoms with van der Waals surface area (Å²) >= 11 is 6.08. The van der Waals surface area contributed by atoms with Crippen molar-refractivity contribution in [1.29, 1.82) is 0 Å². The Morgan fingerprint density at radius 2 is 2.00 bits per heavy atom. The highest BCUT2D eigenvalue weighted by Gasteiger charge is 2.39. The molecule has 0 bridgehead atoms. The molecule has 9 heteroatoms. The van der Waals surface area contributed by atoms with Crippen LogP contribution in [0.25, 0.3) is 0 Å². The van der Waals surface area contributed by atoms with Gasteiger partial charge in [-0.3, -0.25) is 0 Å². The van der Waals surface area contributed by atoms with Crippen LogP contribution in [-0.4, -0.2) is 44.8 Å². The van der Waals surface area contributed by atoms with Crippen molar-refractivity contribution in [2.24, 2.45) is 0 Å². The van der Waals surface area contributed by atoms with Gasteiger partial charge in [0, 0.05) is 36.3 Å². The molecule has 0 aliphatic carbocycles. The molecule has 29 heavy (non-hydrogen) atoms. The molecule has 1 unspecified atom stereocenters. The summed E-state index contributed by atoms with van der Waals surface area (Å²) in [5, 5.41) is 0.194. The third-order valence-corrected chi connectivity index (χ3v) is 7.43. The average Bonchev–Trinajstić information content (AvgIpc) is 3.20. The van der Waals surface area contributed by atoms with Crippen LogP contribution in [0.5, 0.6) is 11.5 Å². The smallest absolute Gasteiger partial charge is 0.282 e. The van der Waals surface area contributed by atoms with Crippen LogP contribution in [0.1, 0.15) is 30.0 Å². The van der Waals surface area contributed by atoms with Crippen LogP contribution in [0, 0.1) is 5.82 Å². The molecule has 0 aromatic heterocycles.